The van der Waals surface area contributed by atoms with E-state index in [2.05, 4.69) is 9.97 Å². The molecule has 1 aromatic carbocycles. The van der Waals surface area contributed by atoms with Crippen molar-refractivity contribution in [2.24, 2.45) is 0 Å². The number of nitrogens with zero attached hydrogens (tertiary/aromatic N) is 3. The average Bonchev–Trinajstić information content (AvgIpc) is 3.06. The Kier molecular flexibility index (Phi) is 4.88. The van der Waals surface area contributed by atoms with Crippen LogP contribution in [0, 0.1) is 5.82 Å². The molecule has 2 aromatic rings. The Bertz CT molecular complexity index is 708. The van der Waals surface area contributed by atoms with Crippen LogP contribution in [0.4, 0.5) is 4.39 Å². The molecule has 3 rings (SSSR count). The topological polar surface area (TPSA) is 64.5 Å². The second-order valence-corrected chi connectivity index (χ2v) is 5.58. The summed E-state index contributed by atoms with van der Waals surface area (Å²) in [5, 5.41) is 0. The fourth-order valence-corrected chi connectivity index (χ4v) is 2.63. The van der Waals surface area contributed by atoms with Gasteiger partial charge in [-0.3, -0.25) is 4.79 Å². The van der Waals surface area contributed by atoms with Gasteiger partial charge in [-0.1, -0.05) is 12.1 Å². The Morgan fingerprint density at radius 2 is 2.17 bits per heavy atom. The van der Waals surface area contributed by atoms with E-state index < -0.39 is 5.82 Å². The standard InChI is InChI=1S/C17H18FN3O3/c1-23-14-4-2-3-12(7-14)8-16(22)21-6-5-15(11-21)24-17-19-9-13(18)10-20-17/h2-4,7,9-10,15H,5-6,8,11H2,1H3/t15-/m0/s1. The van der Waals surface area contributed by atoms with Crippen LogP contribution >= 0.6 is 0 Å². The van der Waals surface area contributed by atoms with Gasteiger partial charge in [-0.2, -0.15) is 0 Å². The lowest BCUT2D eigenvalue weighted by molar-refractivity contribution is -0.129. The van der Waals surface area contributed by atoms with Crippen molar-refractivity contribution in [1.29, 1.82) is 0 Å². The first-order valence-electron chi connectivity index (χ1n) is 7.69. The first-order chi connectivity index (χ1) is 11.6. The molecule has 0 aliphatic carbocycles. The van der Waals surface area contributed by atoms with E-state index >= 15 is 0 Å². The predicted molar refractivity (Wildman–Crippen MR) is 84.3 cm³/mol. The number of methoxy groups -OCH3 is 1. The molecule has 7 heteroatoms. The van der Waals surface area contributed by atoms with Crippen molar-refractivity contribution >= 4 is 5.91 Å². The fraction of sp³-hybridized carbons (Fsp3) is 0.353. The normalized spacial score (nSPS) is 16.9. The quantitative estimate of drug-likeness (QED) is 0.836. The molecule has 1 atom stereocenters. The summed E-state index contributed by atoms with van der Waals surface area (Å²) in [4.78, 5) is 21.7. The minimum absolute atomic E-state index is 0.0365. The number of amides is 1. The Hall–Kier alpha value is -2.70. The van der Waals surface area contributed by atoms with Gasteiger partial charge in [0.2, 0.25) is 5.91 Å². The maximum Gasteiger partial charge on any atom is 0.316 e. The number of hydrogen-bond acceptors (Lipinski definition) is 5. The summed E-state index contributed by atoms with van der Waals surface area (Å²) in [6, 6.07) is 7.59. The number of carbonyl (C=O) groups is 1. The zero-order chi connectivity index (χ0) is 16.9. The van der Waals surface area contributed by atoms with Crippen LogP contribution in [0.2, 0.25) is 0 Å². The van der Waals surface area contributed by atoms with E-state index in [9.17, 15) is 9.18 Å². The molecule has 24 heavy (non-hydrogen) atoms. The third-order valence-electron chi connectivity index (χ3n) is 3.86. The van der Waals surface area contributed by atoms with Crippen molar-refractivity contribution in [1.82, 2.24) is 14.9 Å². The zero-order valence-corrected chi connectivity index (χ0v) is 13.3. The first-order valence-corrected chi connectivity index (χ1v) is 7.69. The zero-order valence-electron chi connectivity index (χ0n) is 13.3. The molecule has 1 saturated heterocycles. The van der Waals surface area contributed by atoms with E-state index in [1.165, 1.54) is 0 Å². The van der Waals surface area contributed by atoms with Gasteiger partial charge in [0.15, 0.2) is 5.82 Å². The van der Waals surface area contributed by atoms with E-state index in [0.717, 1.165) is 23.7 Å². The third-order valence-corrected chi connectivity index (χ3v) is 3.86. The number of likely N-dealkylation sites (tertiary alicyclic amines) is 1. The third kappa shape index (κ3) is 3.98. The van der Waals surface area contributed by atoms with Gasteiger partial charge in [0, 0.05) is 13.0 Å². The predicted octanol–water partition coefficient (Wildman–Crippen LogP) is 1.85. The Morgan fingerprint density at radius 3 is 2.92 bits per heavy atom. The van der Waals surface area contributed by atoms with Crippen molar-refractivity contribution < 1.29 is 18.7 Å². The SMILES string of the molecule is COc1cccc(CC(=O)N2CC[C@H](Oc3ncc(F)cn3)C2)c1. The lowest BCUT2D eigenvalue weighted by Gasteiger charge is -2.17. The molecule has 0 radical (unpaired) electrons. The summed E-state index contributed by atoms with van der Waals surface area (Å²) in [6.45, 7) is 1.10. The molecule has 0 bridgehead atoms. The molecule has 6 nitrogen and oxygen atoms in total. The number of carbonyl (C=O) groups excluding carboxylic acids is 1. The summed E-state index contributed by atoms with van der Waals surface area (Å²) >= 11 is 0. The minimum atomic E-state index is -0.510. The molecule has 1 aliphatic rings. The number of hydrogen-bond donors (Lipinski definition) is 0. The van der Waals surface area contributed by atoms with Gasteiger partial charge in [0.1, 0.15) is 11.9 Å². The maximum absolute atomic E-state index is 12.8. The smallest absolute Gasteiger partial charge is 0.316 e. The van der Waals surface area contributed by atoms with Crippen LogP contribution in [0.25, 0.3) is 0 Å². The molecule has 1 aliphatic heterocycles. The second kappa shape index (κ2) is 7.25. The molecular formula is C17H18FN3O3. The van der Waals surface area contributed by atoms with Crippen molar-refractivity contribution in [2.75, 3.05) is 20.2 Å². The van der Waals surface area contributed by atoms with Crippen LogP contribution in [-0.2, 0) is 11.2 Å². The van der Waals surface area contributed by atoms with E-state index in [1.807, 2.05) is 24.3 Å². The molecule has 1 fully saturated rings. The monoisotopic (exact) mass is 331 g/mol. The maximum atomic E-state index is 12.8. The number of benzene rings is 1. The number of rotatable bonds is 5. The van der Waals surface area contributed by atoms with E-state index in [0.29, 0.717) is 25.9 Å². The van der Waals surface area contributed by atoms with Crippen molar-refractivity contribution in [3.63, 3.8) is 0 Å². The highest BCUT2D eigenvalue weighted by atomic mass is 19.1. The van der Waals surface area contributed by atoms with Gasteiger partial charge < -0.3 is 14.4 Å². The van der Waals surface area contributed by atoms with Crippen LogP contribution in [-0.4, -0.2) is 47.1 Å². The number of ether oxygens (including phenoxy) is 2. The number of halogens is 1. The van der Waals surface area contributed by atoms with E-state index in [1.54, 1.807) is 12.0 Å². The van der Waals surface area contributed by atoms with Gasteiger partial charge in [-0.15, -0.1) is 0 Å². The highest BCUT2D eigenvalue weighted by molar-refractivity contribution is 5.79. The summed E-state index contributed by atoms with van der Waals surface area (Å²) in [5.74, 6) is 0.259. The van der Waals surface area contributed by atoms with Gasteiger partial charge >= 0.3 is 6.01 Å². The number of aromatic nitrogens is 2. The van der Waals surface area contributed by atoms with Crippen LogP contribution in [0.1, 0.15) is 12.0 Å². The van der Waals surface area contributed by atoms with Gasteiger partial charge in [-0.25, -0.2) is 14.4 Å². The van der Waals surface area contributed by atoms with Gasteiger partial charge in [0.25, 0.3) is 0 Å². The van der Waals surface area contributed by atoms with Crippen molar-refractivity contribution in [3.8, 4) is 11.8 Å². The van der Waals surface area contributed by atoms with Crippen molar-refractivity contribution in [3.05, 3.63) is 48.0 Å². The second-order valence-electron chi connectivity index (χ2n) is 5.58. The van der Waals surface area contributed by atoms with Crippen LogP contribution < -0.4 is 9.47 Å². The molecule has 1 amide bonds. The highest BCUT2D eigenvalue weighted by Gasteiger charge is 2.28. The first kappa shape index (κ1) is 16.2. The molecule has 0 unspecified atom stereocenters. The molecule has 1 aromatic heterocycles. The Balaban J connectivity index is 1.54. The molecule has 126 valence electrons. The molecule has 0 spiro atoms. The Labute approximate surface area is 139 Å². The van der Waals surface area contributed by atoms with E-state index in [-0.39, 0.29) is 18.0 Å². The largest absolute Gasteiger partial charge is 0.497 e. The van der Waals surface area contributed by atoms with Crippen LogP contribution in [0.5, 0.6) is 11.8 Å². The molecule has 0 N–H and O–H groups in total. The van der Waals surface area contributed by atoms with Gasteiger partial charge in [0.05, 0.1) is 32.5 Å². The summed E-state index contributed by atoms with van der Waals surface area (Å²) in [5.41, 5.74) is 0.908. The highest BCUT2D eigenvalue weighted by Crippen LogP contribution is 2.18. The van der Waals surface area contributed by atoms with Gasteiger partial charge in [-0.05, 0) is 17.7 Å². The van der Waals surface area contributed by atoms with E-state index in [4.69, 9.17) is 9.47 Å². The Morgan fingerprint density at radius 1 is 1.38 bits per heavy atom. The lowest BCUT2D eigenvalue weighted by atomic mass is 10.1. The molecule has 2 heterocycles. The fourth-order valence-electron chi connectivity index (χ4n) is 2.63. The average molecular weight is 331 g/mol. The van der Waals surface area contributed by atoms with Crippen LogP contribution in [0.3, 0.4) is 0 Å². The van der Waals surface area contributed by atoms with Crippen molar-refractivity contribution in [2.45, 2.75) is 18.9 Å². The van der Waals surface area contributed by atoms with Crippen LogP contribution in [0.15, 0.2) is 36.7 Å². The molecular weight excluding hydrogens is 313 g/mol. The summed E-state index contributed by atoms with van der Waals surface area (Å²) < 4.78 is 23.5. The summed E-state index contributed by atoms with van der Waals surface area (Å²) in [6.07, 6.45) is 2.96. The summed E-state index contributed by atoms with van der Waals surface area (Å²) in [7, 11) is 1.60. The lowest BCUT2D eigenvalue weighted by Crippen LogP contribution is -2.32. The minimum Gasteiger partial charge on any atom is -0.497 e. The molecule has 0 saturated carbocycles.